The zero-order chi connectivity index (χ0) is 12.3. The molecule has 1 aromatic rings. The van der Waals surface area contributed by atoms with Gasteiger partial charge in [0.15, 0.2) is 5.78 Å². The quantitative estimate of drug-likeness (QED) is 0.804. The van der Waals surface area contributed by atoms with E-state index in [1.165, 1.54) is 0 Å². The highest BCUT2D eigenvalue weighted by Gasteiger charge is 2.20. The molecule has 17 heavy (non-hydrogen) atoms. The van der Waals surface area contributed by atoms with Gasteiger partial charge in [0.05, 0.1) is 6.04 Å². The first-order valence-corrected chi connectivity index (χ1v) is 5.75. The highest BCUT2D eigenvalue weighted by Crippen LogP contribution is 2.13. The van der Waals surface area contributed by atoms with Crippen LogP contribution in [0, 0.1) is 0 Å². The molecule has 4 heteroatoms. The number of carbonyl (C=O) groups excluding carboxylic acids is 1. The minimum absolute atomic E-state index is 0. The van der Waals surface area contributed by atoms with E-state index in [-0.39, 0.29) is 29.8 Å². The lowest BCUT2D eigenvalue weighted by Crippen LogP contribution is -3.00. The lowest BCUT2D eigenvalue weighted by molar-refractivity contribution is -0.0000111. The van der Waals surface area contributed by atoms with Gasteiger partial charge < -0.3 is 17.7 Å². The Labute approximate surface area is 114 Å². The van der Waals surface area contributed by atoms with Gasteiger partial charge in [-0.3, -0.25) is 4.79 Å². The molecule has 0 aromatic heterocycles. The Kier molecular flexibility index (Phi) is 6.17. The van der Waals surface area contributed by atoms with Gasteiger partial charge in [0.25, 0.3) is 0 Å². The van der Waals surface area contributed by atoms with Crippen molar-refractivity contribution in [2.75, 3.05) is 0 Å². The first-order chi connectivity index (χ1) is 7.29. The summed E-state index contributed by atoms with van der Waals surface area (Å²) >= 11 is 5.85. The third-order valence-corrected chi connectivity index (χ3v) is 2.39. The lowest BCUT2D eigenvalue weighted by atomic mass is 10.0. The van der Waals surface area contributed by atoms with E-state index in [0.29, 0.717) is 10.6 Å². The first kappa shape index (κ1) is 16.4. The van der Waals surface area contributed by atoms with Gasteiger partial charge in [-0.15, -0.1) is 0 Å². The fourth-order valence-electron chi connectivity index (χ4n) is 1.61. The zero-order valence-corrected chi connectivity index (χ0v) is 12.1. The van der Waals surface area contributed by atoms with Gasteiger partial charge in [0, 0.05) is 16.1 Å². The summed E-state index contributed by atoms with van der Waals surface area (Å²) < 4.78 is 0. The monoisotopic (exact) mass is 274 g/mol. The van der Waals surface area contributed by atoms with Crippen molar-refractivity contribution in [3.05, 3.63) is 34.9 Å². The average molecular weight is 275 g/mol. The number of benzene rings is 1. The smallest absolute Gasteiger partial charge is 0.179 e. The van der Waals surface area contributed by atoms with Crippen molar-refractivity contribution in [1.29, 1.82) is 0 Å². The maximum atomic E-state index is 12.1. The van der Waals surface area contributed by atoms with Crippen molar-refractivity contribution in [2.24, 2.45) is 0 Å². The van der Waals surface area contributed by atoms with E-state index in [9.17, 15) is 4.79 Å². The Morgan fingerprint density at radius 2 is 1.94 bits per heavy atom. The molecule has 0 amide bonds. The van der Waals surface area contributed by atoms with E-state index < -0.39 is 0 Å². The van der Waals surface area contributed by atoms with Crippen molar-refractivity contribution in [1.82, 2.24) is 5.32 Å². The summed E-state index contributed by atoms with van der Waals surface area (Å²) in [7, 11) is 0. The van der Waals surface area contributed by atoms with Crippen molar-refractivity contribution in [3.63, 3.8) is 0 Å². The summed E-state index contributed by atoms with van der Waals surface area (Å²) in [5.74, 6) is 0.0671. The number of nitrogens with one attached hydrogen (secondary N) is 1. The second-order valence-electron chi connectivity index (χ2n) is 4.99. The molecule has 0 bridgehead atoms. The molecule has 0 saturated heterocycles. The standard InChI is InChI=1S/C13H18ClNO.ClH/c1-9(15-13(2,3)4)12(16)10-6-5-7-11(14)8-10;/h5-9,15H,1-4H3;1H/p-1. The van der Waals surface area contributed by atoms with Crippen molar-refractivity contribution in [2.45, 2.75) is 39.3 Å². The molecule has 1 N–H and O–H groups in total. The molecule has 96 valence electrons. The van der Waals surface area contributed by atoms with Crippen LogP contribution in [0.25, 0.3) is 0 Å². The Hall–Kier alpha value is -0.570. The van der Waals surface area contributed by atoms with E-state index in [2.05, 4.69) is 5.32 Å². The summed E-state index contributed by atoms with van der Waals surface area (Å²) in [6, 6.07) is 6.83. The summed E-state index contributed by atoms with van der Waals surface area (Å²) in [5.41, 5.74) is 0.574. The predicted octanol–water partition coefficient (Wildman–Crippen LogP) is 0.303. The Morgan fingerprint density at radius 1 is 1.35 bits per heavy atom. The minimum atomic E-state index is -0.210. The lowest BCUT2D eigenvalue weighted by Gasteiger charge is -2.25. The van der Waals surface area contributed by atoms with Gasteiger partial charge >= 0.3 is 0 Å². The highest BCUT2D eigenvalue weighted by atomic mass is 35.5. The molecule has 1 rings (SSSR count). The number of Topliss-reactive ketones (excluding diaryl/α,β-unsaturated/α-hetero) is 1. The van der Waals surface area contributed by atoms with Crippen molar-refractivity contribution in [3.8, 4) is 0 Å². The van der Waals surface area contributed by atoms with Gasteiger partial charge in [-0.25, -0.2) is 0 Å². The third kappa shape index (κ3) is 5.53. The van der Waals surface area contributed by atoms with Crippen LogP contribution >= 0.6 is 11.6 Å². The van der Waals surface area contributed by atoms with Crippen LogP contribution in [0.15, 0.2) is 24.3 Å². The topological polar surface area (TPSA) is 29.1 Å². The molecule has 2 nitrogen and oxygen atoms in total. The average Bonchev–Trinajstić information content (AvgIpc) is 2.14. The Morgan fingerprint density at radius 3 is 2.41 bits per heavy atom. The van der Waals surface area contributed by atoms with Crippen LogP contribution in [0.4, 0.5) is 0 Å². The first-order valence-electron chi connectivity index (χ1n) is 5.37. The molecule has 0 spiro atoms. The summed E-state index contributed by atoms with van der Waals surface area (Å²) in [6.45, 7) is 7.98. The van der Waals surface area contributed by atoms with E-state index in [4.69, 9.17) is 11.6 Å². The molecule has 0 aliphatic rings. The van der Waals surface area contributed by atoms with E-state index in [1.54, 1.807) is 24.3 Å². The number of carbonyl (C=O) groups is 1. The molecule has 1 unspecified atom stereocenters. The maximum absolute atomic E-state index is 12.1. The highest BCUT2D eigenvalue weighted by molar-refractivity contribution is 6.31. The summed E-state index contributed by atoms with van der Waals surface area (Å²) in [4.78, 5) is 12.1. The Bertz CT molecular complexity index is 385. The second kappa shape index (κ2) is 6.39. The SMILES string of the molecule is CC(NC(C)(C)C)C(=O)c1cccc(Cl)c1.[Cl-]. The van der Waals surface area contributed by atoms with Gasteiger partial charge in [-0.2, -0.15) is 0 Å². The summed E-state index contributed by atoms with van der Waals surface area (Å²) in [5, 5.41) is 3.84. The van der Waals surface area contributed by atoms with Crippen LogP contribution in [0.1, 0.15) is 38.1 Å². The van der Waals surface area contributed by atoms with Gasteiger partial charge in [0.1, 0.15) is 0 Å². The van der Waals surface area contributed by atoms with Crippen LogP contribution in [-0.2, 0) is 0 Å². The molecule has 1 aromatic carbocycles. The number of rotatable bonds is 3. The number of hydrogen-bond acceptors (Lipinski definition) is 2. The van der Waals surface area contributed by atoms with Crippen LogP contribution < -0.4 is 17.7 Å². The minimum Gasteiger partial charge on any atom is -1.00 e. The van der Waals surface area contributed by atoms with Gasteiger partial charge in [0.2, 0.25) is 0 Å². The van der Waals surface area contributed by atoms with Crippen LogP contribution in [0.2, 0.25) is 5.02 Å². The molecule has 0 aliphatic heterocycles. The maximum Gasteiger partial charge on any atom is 0.179 e. The molecular weight excluding hydrogens is 257 g/mol. The van der Waals surface area contributed by atoms with Crippen LogP contribution in [-0.4, -0.2) is 17.4 Å². The normalized spacial score (nSPS) is 12.8. The second-order valence-corrected chi connectivity index (χ2v) is 5.43. The predicted molar refractivity (Wildman–Crippen MR) is 68.1 cm³/mol. The molecule has 1 atom stereocenters. The molecule has 0 aliphatic carbocycles. The molecular formula is C13H18Cl2NO-. The van der Waals surface area contributed by atoms with Crippen molar-refractivity contribution < 1.29 is 17.2 Å². The molecule has 0 saturated carbocycles. The fourth-order valence-corrected chi connectivity index (χ4v) is 1.80. The zero-order valence-electron chi connectivity index (χ0n) is 10.6. The van der Waals surface area contributed by atoms with Crippen molar-refractivity contribution >= 4 is 17.4 Å². The molecule has 0 radical (unpaired) electrons. The number of halogens is 2. The van der Waals surface area contributed by atoms with Gasteiger partial charge in [-0.05, 0) is 39.8 Å². The number of hydrogen-bond donors (Lipinski definition) is 1. The van der Waals surface area contributed by atoms with E-state index in [1.807, 2.05) is 27.7 Å². The fraction of sp³-hybridized carbons (Fsp3) is 0.462. The number of ketones is 1. The summed E-state index contributed by atoms with van der Waals surface area (Å²) in [6.07, 6.45) is 0. The molecule has 0 heterocycles. The largest absolute Gasteiger partial charge is 1.00 e. The van der Waals surface area contributed by atoms with E-state index >= 15 is 0 Å². The Balaban J connectivity index is 0.00000256. The van der Waals surface area contributed by atoms with Crippen LogP contribution in [0.5, 0.6) is 0 Å². The van der Waals surface area contributed by atoms with E-state index in [0.717, 1.165) is 0 Å². The third-order valence-electron chi connectivity index (χ3n) is 2.15. The van der Waals surface area contributed by atoms with Gasteiger partial charge in [-0.1, -0.05) is 23.7 Å². The van der Waals surface area contributed by atoms with Crippen LogP contribution in [0.3, 0.4) is 0 Å². The molecule has 0 fully saturated rings.